The number of anilines is 2. The molecule has 0 bridgehead atoms. The van der Waals surface area contributed by atoms with E-state index in [2.05, 4.69) is 21.2 Å². The van der Waals surface area contributed by atoms with Gasteiger partial charge in [0.15, 0.2) is 11.5 Å². The van der Waals surface area contributed by atoms with E-state index >= 15 is 0 Å². The Balaban J connectivity index is 1.82. The van der Waals surface area contributed by atoms with Crippen molar-refractivity contribution in [3.63, 3.8) is 0 Å². The van der Waals surface area contributed by atoms with Gasteiger partial charge in [-0.1, -0.05) is 0 Å². The molecule has 6 heteroatoms. The van der Waals surface area contributed by atoms with Crippen LogP contribution in [0, 0.1) is 0 Å². The van der Waals surface area contributed by atoms with Crippen LogP contribution in [0.4, 0.5) is 11.4 Å². The first kappa shape index (κ1) is 12.8. The lowest BCUT2D eigenvalue weighted by molar-refractivity contribution is 0.102. The van der Waals surface area contributed by atoms with Crippen molar-refractivity contribution in [2.24, 2.45) is 0 Å². The highest BCUT2D eigenvalue weighted by atomic mass is 79.9. The predicted octanol–water partition coefficient (Wildman–Crippen LogP) is 3.01. The number of hydrogen-bond acceptors (Lipinski definition) is 4. The third kappa shape index (κ3) is 2.42. The Labute approximate surface area is 123 Å². The van der Waals surface area contributed by atoms with E-state index in [1.54, 1.807) is 36.4 Å². The van der Waals surface area contributed by atoms with Crippen LogP contribution in [0.25, 0.3) is 0 Å². The molecule has 0 unspecified atom stereocenters. The van der Waals surface area contributed by atoms with Crippen LogP contribution in [0.15, 0.2) is 40.9 Å². The van der Waals surface area contributed by atoms with Crippen LogP contribution in [0.1, 0.15) is 10.4 Å². The summed E-state index contributed by atoms with van der Waals surface area (Å²) in [4.78, 5) is 12.2. The normalized spacial score (nSPS) is 12.2. The summed E-state index contributed by atoms with van der Waals surface area (Å²) in [5.41, 5.74) is 7.43. The summed E-state index contributed by atoms with van der Waals surface area (Å²) in [6.45, 7) is 0.184. The van der Waals surface area contributed by atoms with Crippen molar-refractivity contribution >= 4 is 33.2 Å². The lowest BCUT2D eigenvalue weighted by atomic mass is 10.2. The average Bonchev–Trinajstić information content (AvgIpc) is 2.89. The zero-order valence-corrected chi connectivity index (χ0v) is 11.9. The minimum absolute atomic E-state index is 0.184. The first-order valence-corrected chi connectivity index (χ1v) is 6.69. The van der Waals surface area contributed by atoms with E-state index < -0.39 is 0 Å². The molecule has 1 heterocycles. The minimum Gasteiger partial charge on any atom is -0.454 e. The molecule has 20 heavy (non-hydrogen) atoms. The Bertz CT molecular complexity index is 688. The van der Waals surface area contributed by atoms with Crippen molar-refractivity contribution in [1.82, 2.24) is 0 Å². The maximum atomic E-state index is 12.2. The Morgan fingerprint density at radius 1 is 1.15 bits per heavy atom. The van der Waals surface area contributed by atoms with Gasteiger partial charge < -0.3 is 20.5 Å². The minimum atomic E-state index is -0.228. The van der Waals surface area contributed by atoms with Crippen molar-refractivity contribution in [2.75, 3.05) is 17.8 Å². The summed E-state index contributed by atoms with van der Waals surface area (Å²) in [5, 5.41) is 2.81. The number of halogens is 1. The average molecular weight is 335 g/mol. The highest BCUT2D eigenvalue weighted by molar-refractivity contribution is 9.10. The Hall–Kier alpha value is -2.21. The number of fused-ring (bicyclic) bond motifs is 1. The third-order valence-corrected chi connectivity index (χ3v) is 3.53. The van der Waals surface area contributed by atoms with Gasteiger partial charge in [0.25, 0.3) is 5.91 Å². The van der Waals surface area contributed by atoms with Gasteiger partial charge in [-0.2, -0.15) is 0 Å². The molecule has 5 nitrogen and oxygen atoms in total. The number of hydrogen-bond donors (Lipinski definition) is 2. The van der Waals surface area contributed by atoms with E-state index in [-0.39, 0.29) is 12.7 Å². The second-order valence-corrected chi connectivity index (χ2v) is 5.12. The molecule has 1 amide bonds. The molecule has 0 spiro atoms. The molecule has 0 saturated heterocycles. The summed E-state index contributed by atoms with van der Waals surface area (Å²) < 4.78 is 11.2. The van der Waals surface area contributed by atoms with Gasteiger partial charge in [-0.05, 0) is 52.3 Å². The van der Waals surface area contributed by atoms with E-state index in [0.29, 0.717) is 28.4 Å². The number of carbonyl (C=O) groups excluding carboxylic acids is 1. The number of nitrogens with one attached hydrogen (secondary N) is 1. The largest absolute Gasteiger partial charge is 0.454 e. The summed E-state index contributed by atoms with van der Waals surface area (Å²) in [7, 11) is 0. The fourth-order valence-corrected chi connectivity index (χ4v) is 2.36. The number of rotatable bonds is 2. The highest BCUT2D eigenvalue weighted by Gasteiger charge is 2.16. The molecule has 1 aliphatic rings. The lowest BCUT2D eigenvalue weighted by Gasteiger charge is -2.08. The van der Waals surface area contributed by atoms with Crippen LogP contribution >= 0.6 is 15.9 Å². The van der Waals surface area contributed by atoms with Crippen molar-refractivity contribution in [3.8, 4) is 11.5 Å². The number of ether oxygens (including phenoxy) is 2. The maximum Gasteiger partial charge on any atom is 0.255 e. The molecular formula is C14H11BrN2O3. The van der Waals surface area contributed by atoms with E-state index in [9.17, 15) is 4.79 Å². The van der Waals surface area contributed by atoms with Gasteiger partial charge in [0.05, 0.1) is 5.69 Å². The molecule has 1 aliphatic heterocycles. The van der Waals surface area contributed by atoms with Crippen molar-refractivity contribution in [1.29, 1.82) is 0 Å². The number of carbonyl (C=O) groups is 1. The van der Waals surface area contributed by atoms with Crippen LogP contribution in [0.2, 0.25) is 0 Å². The highest BCUT2D eigenvalue weighted by Crippen LogP contribution is 2.33. The molecule has 2 aromatic carbocycles. The third-order valence-electron chi connectivity index (χ3n) is 2.88. The maximum absolute atomic E-state index is 12.2. The van der Waals surface area contributed by atoms with Crippen molar-refractivity contribution in [3.05, 3.63) is 46.4 Å². The van der Waals surface area contributed by atoms with Crippen LogP contribution in [0.3, 0.4) is 0 Å². The molecule has 0 atom stereocenters. The van der Waals surface area contributed by atoms with Gasteiger partial charge in [0, 0.05) is 15.7 Å². The molecule has 102 valence electrons. The van der Waals surface area contributed by atoms with Crippen LogP contribution < -0.4 is 20.5 Å². The summed E-state index contributed by atoms with van der Waals surface area (Å²) in [6, 6.07) is 10.3. The number of nitrogen functional groups attached to an aromatic ring is 1. The van der Waals surface area contributed by atoms with Gasteiger partial charge >= 0.3 is 0 Å². The first-order valence-electron chi connectivity index (χ1n) is 5.89. The topological polar surface area (TPSA) is 73.6 Å². The number of nitrogens with two attached hydrogens (primary N) is 1. The van der Waals surface area contributed by atoms with Crippen molar-refractivity contribution < 1.29 is 14.3 Å². The Morgan fingerprint density at radius 2 is 1.95 bits per heavy atom. The smallest absolute Gasteiger partial charge is 0.255 e. The summed E-state index contributed by atoms with van der Waals surface area (Å²) in [5.74, 6) is 0.998. The van der Waals surface area contributed by atoms with Gasteiger partial charge in [-0.25, -0.2) is 0 Å². The molecular weight excluding hydrogens is 324 g/mol. The summed E-state index contributed by atoms with van der Waals surface area (Å²) in [6.07, 6.45) is 0. The molecule has 0 aliphatic carbocycles. The van der Waals surface area contributed by atoms with E-state index in [1.807, 2.05) is 0 Å². The Morgan fingerprint density at radius 3 is 2.75 bits per heavy atom. The predicted molar refractivity (Wildman–Crippen MR) is 79.1 cm³/mol. The monoisotopic (exact) mass is 334 g/mol. The zero-order valence-electron chi connectivity index (χ0n) is 10.4. The van der Waals surface area contributed by atoms with Crippen molar-refractivity contribution in [2.45, 2.75) is 0 Å². The molecule has 3 N–H and O–H groups in total. The standard InChI is InChI=1S/C14H11BrN2O3/c15-10-6-9(16)2-3-11(10)17-14(18)8-1-4-12-13(5-8)20-7-19-12/h1-6H,7,16H2,(H,17,18). The van der Waals surface area contributed by atoms with Crippen LogP contribution in [0.5, 0.6) is 11.5 Å². The second-order valence-electron chi connectivity index (χ2n) is 4.26. The van der Waals surface area contributed by atoms with E-state index in [1.165, 1.54) is 0 Å². The van der Waals surface area contributed by atoms with Gasteiger partial charge in [-0.3, -0.25) is 4.79 Å². The summed E-state index contributed by atoms with van der Waals surface area (Å²) >= 11 is 3.36. The van der Waals surface area contributed by atoms with Gasteiger partial charge in [-0.15, -0.1) is 0 Å². The Kier molecular flexibility index (Phi) is 3.23. The quantitative estimate of drug-likeness (QED) is 0.828. The number of amides is 1. The molecule has 0 saturated carbocycles. The van der Waals surface area contributed by atoms with Gasteiger partial charge in [0.2, 0.25) is 6.79 Å². The van der Waals surface area contributed by atoms with E-state index in [4.69, 9.17) is 15.2 Å². The number of benzene rings is 2. The molecule has 0 fully saturated rings. The van der Waals surface area contributed by atoms with Crippen LogP contribution in [-0.2, 0) is 0 Å². The lowest BCUT2D eigenvalue weighted by Crippen LogP contribution is -2.12. The van der Waals surface area contributed by atoms with E-state index in [0.717, 1.165) is 4.47 Å². The first-order chi connectivity index (χ1) is 9.63. The molecule has 3 rings (SSSR count). The molecule has 0 radical (unpaired) electrons. The molecule has 2 aromatic rings. The zero-order chi connectivity index (χ0) is 14.1. The van der Waals surface area contributed by atoms with Gasteiger partial charge in [0.1, 0.15) is 0 Å². The SMILES string of the molecule is Nc1ccc(NC(=O)c2ccc3c(c2)OCO3)c(Br)c1. The fourth-order valence-electron chi connectivity index (χ4n) is 1.86. The molecule has 0 aromatic heterocycles. The fraction of sp³-hybridized carbons (Fsp3) is 0.0714. The second kappa shape index (κ2) is 5.05. The van der Waals surface area contributed by atoms with Crippen LogP contribution in [-0.4, -0.2) is 12.7 Å².